The van der Waals surface area contributed by atoms with Crippen molar-refractivity contribution in [3.05, 3.63) is 34.4 Å². The van der Waals surface area contributed by atoms with E-state index in [2.05, 4.69) is 86.3 Å². The number of aromatic nitrogens is 1. The van der Waals surface area contributed by atoms with E-state index in [4.69, 9.17) is 0 Å². The van der Waals surface area contributed by atoms with Gasteiger partial charge >= 0.3 is 0 Å². The van der Waals surface area contributed by atoms with Gasteiger partial charge in [0.05, 0.1) is 0 Å². The van der Waals surface area contributed by atoms with E-state index < -0.39 is 0 Å². The molecule has 0 fully saturated rings. The van der Waals surface area contributed by atoms with Crippen LogP contribution in [0.4, 0.5) is 0 Å². The number of benzene rings is 1. The molecule has 0 saturated heterocycles. The van der Waals surface area contributed by atoms with Crippen LogP contribution < -0.4 is 0 Å². The maximum Gasteiger partial charge on any atom is 0.121 e. The summed E-state index contributed by atoms with van der Waals surface area (Å²) in [6.07, 6.45) is 10.5. The Labute approximate surface area is 199 Å². The minimum atomic E-state index is 0.480. The molecule has 0 radical (unpaired) electrons. The van der Waals surface area contributed by atoms with Crippen LogP contribution in [-0.4, -0.2) is 4.57 Å². The predicted molar refractivity (Wildman–Crippen MR) is 138 cm³/mol. The highest BCUT2D eigenvalue weighted by Crippen LogP contribution is 2.47. The zero-order chi connectivity index (χ0) is 23.0. The molecule has 1 heterocycles. The summed E-state index contributed by atoms with van der Waals surface area (Å²) in [5.41, 5.74) is 2.42. The number of hydrogen-bond acceptors (Lipinski definition) is 1. The molecule has 0 bridgehead atoms. The largest absolute Gasteiger partial charge is 0.332 e. The minimum Gasteiger partial charge on any atom is -0.332 e. The van der Waals surface area contributed by atoms with Gasteiger partial charge in [-0.15, -0.1) is 0 Å². The molecule has 2 aromatic rings. The number of aryl methyl sites for hydroxylation is 1. The van der Waals surface area contributed by atoms with Gasteiger partial charge in [0.1, 0.15) is 11.8 Å². The number of nitrogens with zero attached hydrogens (tertiary/aromatic N) is 2. The van der Waals surface area contributed by atoms with Crippen molar-refractivity contribution in [3.8, 4) is 6.07 Å². The van der Waals surface area contributed by atoms with Crippen LogP contribution in [0.5, 0.6) is 0 Å². The maximum atomic E-state index is 9.49. The normalized spacial score (nSPS) is 12.4. The van der Waals surface area contributed by atoms with Gasteiger partial charge in [0.15, 0.2) is 0 Å². The summed E-state index contributed by atoms with van der Waals surface area (Å²) in [6, 6.07) is 10.6. The van der Waals surface area contributed by atoms with Gasteiger partial charge < -0.3 is 4.57 Å². The first-order valence-electron chi connectivity index (χ1n) is 12.4. The number of halogens is 1. The van der Waals surface area contributed by atoms with Crippen molar-refractivity contribution in [1.82, 2.24) is 4.57 Å². The standard InChI is InChI=1S/C28H43BrN2/c1-21(2)28(22(3)4,23(5)6)16-12-10-8-7-9-11-13-17-31-26(20-30)19-24-18-25(29)14-15-27(24)31/h14-15,18-19,21-23H,7-13,16-17H2,1-6H3. The molecule has 0 spiro atoms. The summed E-state index contributed by atoms with van der Waals surface area (Å²) in [4.78, 5) is 0. The lowest BCUT2D eigenvalue weighted by atomic mass is 9.60. The fourth-order valence-electron chi connectivity index (χ4n) is 6.03. The van der Waals surface area contributed by atoms with Crippen molar-refractivity contribution in [2.45, 2.75) is 99.5 Å². The highest BCUT2D eigenvalue weighted by Gasteiger charge is 2.39. The molecule has 0 aliphatic heterocycles. The lowest BCUT2D eigenvalue weighted by Gasteiger charge is -2.45. The summed E-state index contributed by atoms with van der Waals surface area (Å²) in [5, 5.41) is 10.6. The van der Waals surface area contributed by atoms with Crippen molar-refractivity contribution in [2.75, 3.05) is 0 Å². The molecule has 0 aliphatic rings. The summed E-state index contributed by atoms with van der Waals surface area (Å²) in [6.45, 7) is 15.5. The number of fused-ring (bicyclic) bond motifs is 1. The van der Waals surface area contributed by atoms with E-state index in [1.807, 2.05) is 6.07 Å². The van der Waals surface area contributed by atoms with Gasteiger partial charge in [-0.25, -0.2) is 0 Å². The number of nitriles is 1. The second-order valence-corrected chi connectivity index (χ2v) is 11.2. The van der Waals surface area contributed by atoms with Crippen LogP contribution in [0.3, 0.4) is 0 Å². The lowest BCUT2D eigenvalue weighted by Crippen LogP contribution is -2.38. The second-order valence-electron chi connectivity index (χ2n) is 10.3. The molecule has 0 unspecified atom stereocenters. The third-order valence-electron chi connectivity index (χ3n) is 7.69. The first-order valence-corrected chi connectivity index (χ1v) is 13.2. The molecular formula is C28H43BrN2. The van der Waals surface area contributed by atoms with E-state index in [9.17, 15) is 5.26 Å². The van der Waals surface area contributed by atoms with Crippen LogP contribution in [0, 0.1) is 34.5 Å². The molecule has 31 heavy (non-hydrogen) atoms. The van der Waals surface area contributed by atoms with Gasteiger partial charge in [-0.1, -0.05) is 96.0 Å². The van der Waals surface area contributed by atoms with E-state index in [0.717, 1.165) is 46.3 Å². The summed E-state index contributed by atoms with van der Waals surface area (Å²) < 4.78 is 3.25. The Balaban J connectivity index is 1.71. The Kier molecular flexibility index (Phi) is 10.1. The molecule has 1 aromatic carbocycles. The van der Waals surface area contributed by atoms with E-state index in [-0.39, 0.29) is 0 Å². The topological polar surface area (TPSA) is 28.7 Å². The number of unbranched alkanes of at least 4 members (excludes halogenated alkanes) is 6. The summed E-state index contributed by atoms with van der Waals surface area (Å²) >= 11 is 3.53. The fourth-order valence-corrected chi connectivity index (χ4v) is 6.41. The van der Waals surface area contributed by atoms with Crippen LogP contribution >= 0.6 is 15.9 Å². The van der Waals surface area contributed by atoms with Crippen LogP contribution in [0.2, 0.25) is 0 Å². The zero-order valence-corrected chi connectivity index (χ0v) is 22.3. The minimum absolute atomic E-state index is 0.480. The molecule has 2 nitrogen and oxygen atoms in total. The number of hydrogen-bond donors (Lipinski definition) is 0. The van der Waals surface area contributed by atoms with Crippen molar-refractivity contribution >= 4 is 26.8 Å². The molecule has 172 valence electrons. The second kappa shape index (κ2) is 12.1. The van der Waals surface area contributed by atoms with E-state index in [1.54, 1.807) is 0 Å². The monoisotopic (exact) mass is 486 g/mol. The number of rotatable bonds is 13. The van der Waals surface area contributed by atoms with Gasteiger partial charge in [-0.2, -0.15) is 5.26 Å². The Hall–Kier alpha value is -1.27. The average Bonchev–Trinajstić information content (AvgIpc) is 3.05. The van der Waals surface area contributed by atoms with E-state index >= 15 is 0 Å². The van der Waals surface area contributed by atoms with Crippen molar-refractivity contribution in [1.29, 1.82) is 5.26 Å². The van der Waals surface area contributed by atoms with Crippen LogP contribution in [-0.2, 0) is 6.54 Å². The average molecular weight is 488 g/mol. The first kappa shape index (κ1) is 26.0. The molecule has 2 rings (SSSR count). The van der Waals surface area contributed by atoms with E-state index in [0.29, 0.717) is 5.41 Å². The molecule has 3 heteroatoms. The van der Waals surface area contributed by atoms with Gasteiger partial charge in [-0.3, -0.25) is 0 Å². The Morgan fingerprint density at radius 1 is 0.839 bits per heavy atom. The van der Waals surface area contributed by atoms with Gasteiger partial charge in [0, 0.05) is 21.9 Å². The predicted octanol–water partition coefficient (Wildman–Crippen LogP) is 9.35. The van der Waals surface area contributed by atoms with Crippen molar-refractivity contribution in [2.24, 2.45) is 23.2 Å². The highest BCUT2D eigenvalue weighted by molar-refractivity contribution is 9.10. The molecule has 0 aliphatic carbocycles. The third kappa shape index (κ3) is 6.38. The van der Waals surface area contributed by atoms with Crippen molar-refractivity contribution in [3.63, 3.8) is 0 Å². The van der Waals surface area contributed by atoms with Crippen LogP contribution in [0.25, 0.3) is 10.9 Å². The van der Waals surface area contributed by atoms with Gasteiger partial charge in [-0.05, 0) is 60.3 Å². The Morgan fingerprint density at radius 2 is 1.39 bits per heavy atom. The maximum absolute atomic E-state index is 9.49. The molecule has 0 saturated carbocycles. The Bertz CT molecular complexity index is 832. The van der Waals surface area contributed by atoms with Crippen molar-refractivity contribution < 1.29 is 0 Å². The Morgan fingerprint density at radius 3 is 1.94 bits per heavy atom. The molecule has 1 aromatic heterocycles. The fraction of sp³-hybridized carbons (Fsp3) is 0.679. The summed E-state index contributed by atoms with van der Waals surface area (Å²) in [5.74, 6) is 2.24. The third-order valence-corrected chi connectivity index (χ3v) is 8.19. The SMILES string of the molecule is CC(C)C(CCCCCCCCCn1c(C#N)cc2cc(Br)ccc21)(C(C)C)C(C)C. The summed E-state index contributed by atoms with van der Waals surface area (Å²) in [7, 11) is 0. The molecule has 0 atom stereocenters. The first-order chi connectivity index (χ1) is 14.7. The molecular weight excluding hydrogens is 444 g/mol. The molecule has 0 amide bonds. The smallest absolute Gasteiger partial charge is 0.121 e. The zero-order valence-electron chi connectivity index (χ0n) is 20.7. The van der Waals surface area contributed by atoms with Gasteiger partial charge in [0.2, 0.25) is 0 Å². The quantitative estimate of drug-likeness (QED) is 0.259. The van der Waals surface area contributed by atoms with Crippen LogP contribution in [0.1, 0.15) is 98.6 Å². The highest BCUT2D eigenvalue weighted by atomic mass is 79.9. The molecule has 0 N–H and O–H groups in total. The van der Waals surface area contributed by atoms with Gasteiger partial charge in [0.25, 0.3) is 0 Å². The lowest BCUT2D eigenvalue weighted by molar-refractivity contribution is 0.0356. The van der Waals surface area contributed by atoms with E-state index in [1.165, 1.54) is 50.5 Å². The van der Waals surface area contributed by atoms with Crippen LogP contribution in [0.15, 0.2) is 28.7 Å².